The summed E-state index contributed by atoms with van der Waals surface area (Å²) in [6, 6.07) is 14.4. The minimum atomic E-state index is -0.207. The van der Waals surface area contributed by atoms with Crippen LogP contribution in [-0.2, 0) is 11.3 Å². The zero-order valence-corrected chi connectivity index (χ0v) is 20.5. The number of nitrogens with zero attached hydrogens (tertiary/aromatic N) is 2. The minimum Gasteiger partial charge on any atom is -0.366 e. The molecule has 2 aromatic carbocycles. The average molecular weight is 449 g/mol. The lowest BCUT2D eigenvalue weighted by Crippen LogP contribution is -2.48. The van der Waals surface area contributed by atoms with E-state index in [4.69, 9.17) is 0 Å². The number of amides is 2. The Hall–Kier alpha value is -2.53. The lowest BCUT2D eigenvalue weighted by molar-refractivity contribution is -0.123. The van der Waals surface area contributed by atoms with E-state index in [0.29, 0.717) is 17.4 Å². The summed E-state index contributed by atoms with van der Waals surface area (Å²) in [5.41, 5.74) is 5.81. The molecule has 168 valence electrons. The molecule has 1 fully saturated rings. The molecule has 0 bridgehead atoms. The number of fused-ring (bicyclic) bond motifs is 1. The molecule has 1 unspecified atom stereocenters. The molecule has 1 saturated heterocycles. The van der Waals surface area contributed by atoms with E-state index in [1.54, 1.807) is 0 Å². The van der Waals surface area contributed by atoms with E-state index in [1.807, 2.05) is 37.3 Å². The van der Waals surface area contributed by atoms with E-state index in [2.05, 4.69) is 50.8 Å². The number of aryl methyl sites for hydroxylation is 1. The maximum atomic E-state index is 13.0. The third-order valence-electron chi connectivity index (χ3n) is 6.45. The average Bonchev–Trinajstić information content (AvgIpc) is 2.98. The van der Waals surface area contributed by atoms with Crippen molar-refractivity contribution in [2.24, 2.45) is 0 Å². The third kappa shape index (κ3) is 4.36. The molecule has 4 rings (SSSR count). The Morgan fingerprint density at radius 2 is 1.94 bits per heavy atom. The number of carbonyl (C=O) groups is 2. The Morgan fingerprint density at radius 1 is 1.16 bits per heavy atom. The van der Waals surface area contributed by atoms with Gasteiger partial charge in [-0.3, -0.25) is 14.5 Å². The first-order valence-electron chi connectivity index (χ1n) is 11.4. The molecule has 0 aliphatic carbocycles. The van der Waals surface area contributed by atoms with E-state index in [9.17, 15) is 9.59 Å². The zero-order valence-electron chi connectivity index (χ0n) is 19.6. The Morgan fingerprint density at radius 3 is 2.66 bits per heavy atom. The number of anilines is 1. The van der Waals surface area contributed by atoms with Crippen molar-refractivity contribution in [3.63, 3.8) is 0 Å². The van der Waals surface area contributed by atoms with Gasteiger partial charge in [-0.2, -0.15) is 0 Å². The molecule has 1 atom stereocenters. The van der Waals surface area contributed by atoms with Crippen molar-refractivity contribution in [3.8, 4) is 0 Å². The molecule has 2 aliphatic heterocycles. The Labute approximate surface area is 195 Å². The van der Waals surface area contributed by atoms with Crippen molar-refractivity contribution >= 4 is 34.7 Å². The summed E-state index contributed by atoms with van der Waals surface area (Å²) < 4.78 is 0. The fourth-order valence-corrected chi connectivity index (χ4v) is 5.86. The van der Waals surface area contributed by atoms with Gasteiger partial charge in [-0.25, -0.2) is 0 Å². The number of benzene rings is 2. The van der Waals surface area contributed by atoms with Gasteiger partial charge >= 0.3 is 0 Å². The molecule has 4 nitrogen and oxygen atoms in total. The summed E-state index contributed by atoms with van der Waals surface area (Å²) in [4.78, 5) is 29.9. The van der Waals surface area contributed by atoms with Crippen LogP contribution in [0.15, 0.2) is 47.4 Å². The van der Waals surface area contributed by atoms with Gasteiger partial charge < -0.3 is 4.90 Å². The predicted octanol–water partition coefficient (Wildman–Crippen LogP) is 6.73. The van der Waals surface area contributed by atoms with Gasteiger partial charge in [-0.15, -0.1) is 0 Å². The summed E-state index contributed by atoms with van der Waals surface area (Å²) in [6.07, 6.45) is 4.07. The quantitative estimate of drug-likeness (QED) is 0.475. The van der Waals surface area contributed by atoms with Crippen LogP contribution in [0.1, 0.15) is 68.7 Å². The van der Waals surface area contributed by atoms with Crippen LogP contribution in [-0.4, -0.2) is 28.1 Å². The summed E-state index contributed by atoms with van der Waals surface area (Å²) >= 11 is 1.03. The fraction of sp³-hybridized carbons (Fsp3) is 0.407. The molecule has 0 spiro atoms. The van der Waals surface area contributed by atoms with Gasteiger partial charge in [0, 0.05) is 17.8 Å². The molecule has 2 aromatic rings. The van der Waals surface area contributed by atoms with Crippen molar-refractivity contribution in [1.82, 2.24) is 4.90 Å². The summed E-state index contributed by atoms with van der Waals surface area (Å²) in [7, 11) is 0. The zero-order chi connectivity index (χ0) is 23.0. The molecule has 0 saturated carbocycles. The second-order valence-corrected chi connectivity index (χ2v) is 10.6. The van der Waals surface area contributed by atoms with Crippen LogP contribution in [0, 0.1) is 6.92 Å². The van der Waals surface area contributed by atoms with E-state index in [-0.39, 0.29) is 16.7 Å². The van der Waals surface area contributed by atoms with E-state index >= 15 is 0 Å². The third-order valence-corrected chi connectivity index (χ3v) is 7.36. The number of thioether (sulfide) groups is 1. The van der Waals surface area contributed by atoms with E-state index in [0.717, 1.165) is 47.8 Å². The number of rotatable bonds is 5. The van der Waals surface area contributed by atoms with Crippen molar-refractivity contribution < 1.29 is 9.59 Å². The van der Waals surface area contributed by atoms with Crippen LogP contribution in [0.3, 0.4) is 0 Å². The first kappa shape index (κ1) is 22.7. The molecule has 0 radical (unpaired) electrons. The lowest BCUT2D eigenvalue weighted by atomic mass is 9.79. The van der Waals surface area contributed by atoms with Crippen LogP contribution in [0.2, 0.25) is 0 Å². The highest BCUT2D eigenvalue weighted by Gasteiger charge is 2.37. The van der Waals surface area contributed by atoms with Crippen molar-refractivity contribution in [2.45, 2.75) is 65.5 Å². The predicted molar refractivity (Wildman–Crippen MR) is 134 cm³/mol. The van der Waals surface area contributed by atoms with Gasteiger partial charge in [0.05, 0.1) is 11.4 Å². The van der Waals surface area contributed by atoms with Gasteiger partial charge in [-0.1, -0.05) is 49.7 Å². The van der Waals surface area contributed by atoms with E-state index < -0.39 is 0 Å². The van der Waals surface area contributed by atoms with Crippen molar-refractivity contribution in [1.29, 1.82) is 0 Å². The standard InChI is InChI=1S/C27H32N2O2S/c1-6-12-29-23-11-10-20(14-22(23)19(3)16-27(29,4)5)15-24-25(30)28(26(31)32-24)17-21-9-7-8-18(2)13-21/h7-11,13-15,19H,6,12,16-17H2,1-5H3/b24-15+. The fourth-order valence-electron chi connectivity index (χ4n) is 5.03. The smallest absolute Gasteiger partial charge is 0.293 e. The van der Waals surface area contributed by atoms with Crippen LogP contribution in [0.5, 0.6) is 0 Å². The monoisotopic (exact) mass is 448 g/mol. The van der Waals surface area contributed by atoms with Gasteiger partial charge in [0.15, 0.2) is 0 Å². The number of carbonyl (C=O) groups excluding carboxylic acids is 2. The highest BCUT2D eigenvalue weighted by molar-refractivity contribution is 8.18. The number of hydrogen-bond donors (Lipinski definition) is 0. The summed E-state index contributed by atoms with van der Waals surface area (Å²) in [5, 5.41) is -0.204. The first-order valence-corrected chi connectivity index (χ1v) is 12.2. The van der Waals surface area contributed by atoms with Gasteiger partial charge in [-0.05, 0) is 86.2 Å². The van der Waals surface area contributed by atoms with Crippen molar-refractivity contribution in [3.05, 3.63) is 69.6 Å². The highest BCUT2D eigenvalue weighted by atomic mass is 32.2. The Bertz CT molecular complexity index is 1090. The highest BCUT2D eigenvalue weighted by Crippen LogP contribution is 2.44. The topological polar surface area (TPSA) is 40.6 Å². The van der Waals surface area contributed by atoms with Crippen LogP contribution < -0.4 is 4.90 Å². The molecule has 2 amide bonds. The van der Waals surface area contributed by atoms with Gasteiger partial charge in [0.25, 0.3) is 11.1 Å². The van der Waals surface area contributed by atoms with Crippen LogP contribution in [0.4, 0.5) is 10.5 Å². The molecule has 0 N–H and O–H groups in total. The van der Waals surface area contributed by atoms with Crippen LogP contribution >= 0.6 is 11.8 Å². The lowest BCUT2D eigenvalue weighted by Gasteiger charge is -2.47. The maximum Gasteiger partial charge on any atom is 0.293 e. The molecule has 0 aromatic heterocycles. The Kier molecular flexibility index (Phi) is 6.22. The maximum absolute atomic E-state index is 13.0. The van der Waals surface area contributed by atoms with Gasteiger partial charge in [0.1, 0.15) is 0 Å². The summed E-state index contributed by atoms with van der Waals surface area (Å²) in [6.45, 7) is 12.5. The molecule has 2 heterocycles. The summed E-state index contributed by atoms with van der Waals surface area (Å²) in [5.74, 6) is 0.235. The Balaban J connectivity index is 1.60. The van der Waals surface area contributed by atoms with Gasteiger partial charge in [0.2, 0.25) is 0 Å². The number of hydrogen-bond acceptors (Lipinski definition) is 4. The second-order valence-electron chi connectivity index (χ2n) is 9.64. The largest absolute Gasteiger partial charge is 0.366 e. The van der Waals surface area contributed by atoms with Crippen LogP contribution in [0.25, 0.3) is 6.08 Å². The SMILES string of the molecule is CCCN1c2ccc(/C=C3/SC(=O)N(Cc4cccc(C)c4)C3=O)cc2C(C)CC1(C)C. The minimum absolute atomic E-state index is 0.127. The second kappa shape index (κ2) is 8.78. The first-order chi connectivity index (χ1) is 15.2. The van der Waals surface area contributed by atoms with Crippen molar-refractivity contribution in [2.75, 3.05) is 11.4 Å². The molecule has 2 aliphatic rings. The molecule has 5 heteroatoms. The number of imide groups is 1. The molecule has 32 heavy (non-hydrogen) atoms. The normalized spacial score (nSPS) is 21.4. The van der Waals surface area contributed by atoms with E-state index in [1.165, 1.54) is 16.2 Å². The molecular formula is C27H32N2O2S. The molecular weight excluding hydrogens is 416 g/mol.